The molecule has 0 unspecified atom stereocenters. The van der Waals surface area contributed by atoms with Gasteiger partial charge in [-0.2, -0.15) is 0 Å². The van der Waals surface area contributed by atoms with Crippen LogP contribution in [-0.4, -0.2) is 10.2 Å². The van der Waals surface area contributed by atoms with Gasteiger partial charge in [-0.3, -0.25) is 0 Å². The minimum Gasteiger partial charge on any atom is -0.508 e. The maximum absolute atomic E-state index is 8.92. The number of aryl methyl sites for hydroxylation is 1. The molecule has 16 heavy (non-hydrogen) atoms. The second-order valence-electron chi connectivity index (χ2n) is 3.43. The van der Waals surface area contributed by atoms with Crippen molar-refractivity contribution in [2.24, 2.45) is 0 Å². The minimum absolute atomic E-state index is 0.140. The number of aromatic hydroxyl groups is 1. The molecule has 2 nitrogen and oxygen atoms in total. The van der Waals surface area contributed by atoms with Crippen LogP contribution < -0.4 is 0 Å². The third-order valence-electron chi connectivity index (χ3n) is 2.14. The van der Waals surface area contributed by atoms with E-state index in [-0.39, 0.29) is 6.61 Å². The Kier molecular flexibility index (Phi) is 5.09. The standard InChI is InChI=1S/2C7H8O/c1-6-4-2-3-5-7(6)8;8-6-7-4-2-1-3-5-7/h2-5,8H,1H3;1-5,8H,6H2. The van der Waals surface area contributed by atoms with Gasteiger partial charge in [0, 0.05) is 0 Å². The van der Waals surface area contributed by atoms with E-state index in [1.165, 1.54) is 0 Å². The normalized spacial score (nSPS) is 9.12. The van der Waals surface area contributed by atoms with E-state index in [9.17, 15) is 0 Å². The maximum atomic E-state index is 8.92. The van der Waals surface area contributed by atoms with Gasteiger partial charge in [-0.1, -0.05) is 48.5 Å². The fourth-order valence-corrected chi connectivity index (χ4v) is 1.15. The molecule has 84 valence electrons. The summed E-state index contributed by atoms with van der Waals surface area (Å²) in [6.45, 7) is 2.01. The van der Waals surface area contributed by atoms with Crippen LogP contribution in [0.5, 0.6) is 5.75 Å². The summed E-state index contributed by atoms with van der Waals surface area (Å²) in [5.74, 6) is 0.368. The van der Waals surface area contributed by atoms with Crippen LogP contribution in [0.4, 0.5) is 0 Å². The van der Waals surface area contributed by atoms with Crippen molar-refractivity contribution in [2.45, 2.75) is 13.5 Å². The number of aliphatic hydroxyl groups excluding tert-OH is 1. The summed E-state index contributed by atoms with van der Waals surface area (Å²) in [6, 6.07) is 16.8. The maximum Gasteiger partial charge on any atom is 0.118 e. The number of phenols is 1. The largest absolute Gasteiger partial charge is 0.508 e. The van der Waals surface area contributed by atoms with E-state index in [2.05, 4.69) is 0 Å². The SMILES string of the molecule is Cc1ccccc1O.OCc1ccccc1. The van der Waals surface area contributed by atoms with Crippen LogP contribution in [0, 0.1) is 6.92 Å². The second kappa shape index (κ2) is 6.64. The molecule has 0 aromatic heterocycles. The Labute approximate surface area is 95.8 Å². The van der Waals surface area contributed by atoms with Crippen molar-refractivity contribution in [2.75, 3.05) is 0 Å². The fraction of sp³-hybridized carbons (Fsp3) is 0.143. The Hall–Kier alpha value is -1.80. The molecule has 2 rings (SSSR count). The first kappa shape index (κ1) is 12.3. The molecule has 0 aliphatic rings. The first-order valence-corrected chi connectivity index (χ1v) is 5.13. The molecule has 0 aliphatic carbocycles. The summed E-state index contributed by atoms with van der Waals surface area (Å²) in [5, 5.41) is 17.5. The predicted molar refractivity (Wildman–Crippen MR) is 65.2 cm³/mol. The molecule has 0 radical (unpaired) electrons. The third kappa shape index (κ3) is 4.15. The molecular weight excluding hydrogens is 200 g/mol. The smallest absolute Gasteiger partial charge is 0.118 e. The average Bonchev–Trinajstić information content (AvgIpc) is 2.35. The number of benzene rings is 2. The van der Waals surface area contributed by atoms with Gasteiger partial charge in [0.1, 0.15) is 5.75 Å². The van der Waals surface area contributed by atoms with Crippen LogP contribution in [0.25, 0.3) is 0 Å². The number of rotatable bonds is 1. The van der Waals surface area contributed by atoms with Gasteiger partial charge in [0.2, 0.25) is 0 Å². The summed E-state index contributed by atoms with van der Waals surface area (Å²) >= 11 is 0. The van der Waals surface area contributed by atoms with Crippen LogP contribution in [-0.2, 0) is 6.61 Å². The van der Waals surface area contributed by atoms with Crippen LogP contribution in [0.1, 0.15) is 11.1 Å². The van der Waals surface area contributed by atoms with Gasteiger partial charge in [0.05, 0.1) is 6.61 Å². The van der Waals surface area contributed by atoms with E-state index in [1.807, 2.05) is 55.5 Å². The van der Waals surface area contributed by atoms with E-state index < -0.39 is 0 Å². The van der Waals surface area contributed by atoms with Crippen LogP contribution >= 0.6 is 0 Å². The molecule has 2 heteroatoms. The number of para-hydroxylation sites is 1. The Morgan fingerprint density at radius 1 is 0.875 bits per heavy atom. The summed E-state index contributed by atoms with van der Waals surface area (Å²) < 4.78 is 0. The molecule has 0 amide bonds. The van der Waals surface area contributed by atoms with E-state index >= 15 is 0 Å². The van der Waals surface area contributed by atoms with Gasteiger partial charge in [-0.05, 0) is 24.1 Å². The number of phenolic OH excluding ortho intramolecular Hbond substituents is 1. The van der Waals surface area contributed by atoms with Gasteiger partial charge in [-0.25, -0.2) is 0 Å². The minimum atomic E-state index is 0.140. The quantitative estimate of drug-likeness (QED) is 0.769. The summed E-state index contributed by atoms with van der Waals surface area (Å²) in [7, 11) is 0. The molecular formula is C14H16O2. The van der Waals surface area contributed by atoms with Crippen LogP contribution in [0.15, 0.2) is 54.6 Å². The summed E-state index contributed by atoms with van der Waals surface area (Å²) in [5.41, 5.74) is 1.89. The predicted octanol–water partition coefficient (Wildman–Crippen LogP) is 2.88. The Balaban J connectivity index is 0.000000160. The molecule has 0 aliphatic heterocycles. The molecule has 0 heterocycles. The second-order valence-corrected chi connectivity index (χ2v) is 3.43. The van der Waals surface area contributed by atoms with Gasteiger partial charge in [-0.15, -0.1) is 0 Å². The van der Waals surface area contributed by atoms with Gasteiger partial charge in [0.25, 0.3) is 0 Å². The highest BCUT2D eigenvalue weighted by Gasteiger charge is 1.87. The highest BCUT2D eigenvalue weighted by atomic mass is 16.3. The molecule has 0 saturated carbocycles. The zero-order valence-electron chi connectivity index (χ0n) is 9.30. The highest BCUT2D eigenvalue weighted by Crippen LogP contribution is 2.12. The lowest BCUT2D eigenvalue weighted by Gasteiger charge is -1.92. The zero-order chi connectivity index (χ0) is 11.8. The van der Waals surface area contributed by atoms with Crippen LogP contribution in [0.3, 0.4) is 0 Å². The van der Waals surface area contributed by atoms with E-state index in [1.54, 1.807) is 6.07 Å². The van der Waals surface area contributed by atoms with E-state index in [4.69, 9.17) is 10.2 Å². The molecule has 0 bridgehead atoms. The Morgan fingerprint density at radius 2 is 1.44 bits per heavy atom. The molecule has 2 aromatic rings. The van der Waals surface area contributed by atoms with Crippen molar-refractivity contribution >= 4 is 0 Å². The van der Waals surface area contributed by atoms with E-state index in [0.717, 1.165) is 11.1 Å². The zero-order valence-corrected chi connectivity index (χ0v) is 9.30. The lowest BCUT2D eigenvalue weighted by Crippen LogP contribution is -1.77. The molecule has 0 fully saturated rings. The number of hydrogen-bond acceptors (Lipinski definition) is 2. The number of aliphatic hydroxyl groups is 1. The van der Waals surface area contributed by atoms with Crippen molar-refractivity contribution in [3.05, 3.63) is 65.7 Å². The molecule has 2 aromatic carbocycles. The van der Waals surface area contributed by atoms with Crippen molar-refractivity contribution in [1.29, 1.82) is 0 Å². The molecule has 0 saturated heterocycles. The Morgan fingerprint density at radius 3 is 1.81 bits per heavy atom. The van der Waals surface area contributed by atoms with Crippen molar-refractivity contribution in [1.82, 2.24) is 0 Å². The van der Waals surface area contributed by atoms with Crippen molar-refractivity contribution in [3.8, 4) is 5.75 Å². The first-order chi connectivity index (χ1) is 7.74. The Bertz CT molecular complexity index is 389. The molecule has 0 atom stereocenters. The highest BCUT2D eigenvalue weighted by molar-refractivity contribution is 5.29. The van der Waals surface area contributed by atoms with Gasteiger partial charge >= 0.3 is 0 Å². The molecule has 0 spiro atoms. The van der Waals surface area contributed by atoms with E-state index in [0.29, 0.717) is 5.75 Å². The number of hydrogen-bond donors (Lipinski definition) is 2. The van der Waals surface area contributed by atoms with Crippen molar-refractivity contribution in [3.63, 3.8) is 0 Å². The monoisotopic (exact) mass is 216 g/mol. The average molecular weight is 216 g/mol. The first-order valence-electron chi connectivity index (χ1n) is 5.13. The lowest BCUT2D eigenvalue weighted by molar-refractivity contribution is 0.282. The van der Waals surface area contributed by atoms with Gasteiger partial charge in [0.15, 0.2) is 0 Å². The topological polar surface area (TPSA) is 40.5 Å². The van der Waals surface area contributed by atoms with Gasteiger partial charge < -0.3 is 10.2 Å². The molecule has 2 N–H and O–H groups in total. The van der Waals surface area contributed by atoms with Crippen molar-refractivity contribution < 1.29 is 10.2 Å². The summed E-state index contributed by atoms with van der Waals surface area (Å²) in [6.07, 6.45) is 0. The van der Waals surface area contributed by atoms with Crippen LogP contribution in [0.2, 0.25) is 0 Å². The third-order valence-corrected chi connectivity index (χ3v) is 2.14. The lowest BCUT2D eigenvalue weighted by atomic mass is 10.2. The fourth-order valence-electron chi connectivity index (χ4n) is 1.15. The summed E-state index contributed by atoms with van der Waals surface area (Å²) in [4.78, 5) is 0.